The van der Waals surface area contributed by atoms with Crippen LogP contribution < -0.4 is 5.32 Å². The van der Waals surface area contributed by atoms with Gasteiger partial charge in [0.1, 0.15) is 5.76 Å². The molecule has 1 unspecified atom stereocenters. The van der Waals surface area contributed by atoms with Gasteiger partial charge in [0.15, 0.2) is 5.69 Å². The van der Waals surface area contributed by atoms with Crippen LogP contribution >= 0.6 is 0 Å². The highest BCUT2D eigenvalue weighted by molar-refractivity contribution is 5.92. The third-order valence-corrected chi connectivity index (χ3v) is 3.82. The molecule has 21 heavy (non-hydrogen) atoms. The smallest absolute Gasteiger partial charge is 0.273 e. The summed E-state index contributed by atoms with van der Waals surface area (Å²) in [6.45, 7) is 8.24. The molecule has 0 aliphatic carbocycles. The maximum absolute atomic E-state index is 12.1. The second kappa shape index (κ2) is 8.14. The fourth-order valence-corrected chi connectivity index (χ4v) is 2.56. The van der Waals surface area contributed by atoms with Gasteiger partial charge >= 0.3 is 0 Å². The van der Waals surface area contributed by atoms with Crippen molar-refractivity contribution in [3.63, 3.8) is 0 Å². The molecule has 1 N–H and O–H groups in total. The fraction of sp³-hybridized carbons (Fsp3) is 0.733. The van der Waals surface area contributed by atoms with E-state index in [-0.39, 0.29) is 5.91 Å². The predicted molar refractivity (Wildman–Crippen MR) is 79.3 cm³/mol. The maximum atomic E-state index is 12.1. The van der Waals surface area contributed by atoms with Crippen LogP contribution in [0.25, 0.3) is 0 Å². The Hall–Kier alpha value is -1.40. The Morgan fingerprint density at radius 1 is 1.43 bits per heavy atom. The summed E-state index contributed by atoms with van der Waals surface area (Å²) >= 11 is 0. The molecule has 1 aliphatic rings. The molecule has 1 aromatic rings. The summed E-state index contributed by atoms with van der Waals surface area (Å²) in [6.07, 6.45) is 2.79. The van der Waals surface area contributed by atoms with E-state index in [9.17, 15) is 4.79 Å². The van der Waals surface area contributed by atoms with E-state index in [1.54, 1.807) is 6.07 Å². The minimum Gasteiger partial charge on any atom is -0.379 e. The van der Waals surface area contributed by atoms with Crippen molar-refractivity contribution in [1.82, 2.24) is 15.4 Å². The molecule has 1 fully saturated rings. The van der Waals surface area contributed by atoms with E-state index in [2.05, 4.69) is 29.2 Å². The molecule has 1 atom stereocenters. The highest BCUT2D eigenvalue weighted by atomic mass is 16.5. The van der Waals surface area contributed by atoms with Crippen molar-refractivity contribution in [2.24, 2.45) is 0 Å². The molecule has 0 bridgehead atoms. The van der Waals surface area contributed by atoms with Crippen molar-refractivity contribution in [1.29, 1.82) is 0 Å². The molecule has 1 aliphatic heterocycles. The van der Waals surface area contributed by atoms with Gasteiger partial charge in [-0.3, -0.25) is 9.69 Å². The van der Waals surface area contributed by atoms with Crippen LogP contribution in [0.1, 0.15) is 42.9 Å². The summed E-state index contributed by atoms with van der Waals surface area (Å²) in [6, 6.07) is 2.08. The third-order valence-electron chi connectivity index (χ3n) is 3.82. The molecule has 2 rings (SSSR count). The Bertz CT molecular complexity index is 441. The summed E-state index contributed by atoms with van der Waals surface area (Å²) in [5.74, 6) is 0.607. The number of nitrogens with one attached hydrogen (secondary N) is 1. The number of hydrogen-bond acceptors (Lipinski definition) is 5. The number of carbonyl (C=O) groups excluding carboxylic acids is 1. The van der Waals surface area contributed by atoms with Gasteiger partial charge in [0, 0.05) is 38.2 Å². The first kappa shape index (κ1) is 16.0. The average Bonchev–Trinajstić information content (AvgIpc) is 2.98. The van der Waals surface area contributed by atoms with E-state index in [0.29, 0.717) is 18.3 Å². The fourth-order valence-electron chi connectivity index (χ4n) is 2.56. The first-order valence-electron chi connectivity index (χ1n) is 7.80. The largest absolute Gasteiger partial charge is 0.379 e. The van der Waals surface area contributed by atoms with Gasteiger partial charge in [-0.05, 0) is 12.8 Å². The first-order chi connectivity index (χ1) is 10.2. The van der Waals surface area contributed by atoms with Gasteiger partial charge in [-0.25, -0.2) is 0 Å². The van der Waals surface area contributed by atoms with E-state index >= 15 is 0 Å². The Balaban J connectivity index is 1.83. The van der Waals surface area contributed by atoms with Crippen LogP contribution in [-0.4, -0.2) is 54.9 Å². The third kappa shape index (κ3) is 4.54. The number of carbonyl (C=O) groups is 1. The highest BCUT2D eigenvalue weighted by Crippen LogP contribution is 2.08. The van der Waals surface area contributed by atoms with Crippen LogP contribution in [0.4, 0.5) is 0 Å². The molecule has 0 spiro atoms. The summed E-state index contributed by atoms with van der Waals surface area (Å²) in [4.78, 5) is 14.5. The van der Waals surface area contributed by atoms with Gasteiger partial charge in [-0.15, -0.1) is 0 Å². The number of nitrogens with zero attached hydrogens (tertiary/aromatic N) is 2. The molecule has 6 nitrogen and oxygen atoms in total. The molecule has 0 aromatic carbocycles. The molecule has 118 valence electrons. The lowest BCUT2D eigenvalue weighted by Crippen LogP contribution is -2.48. The Morgan fingerprint density at radius 2 is 2.19 bits per heavy atom. The van der Waals surface area contributed by atoms with E-state index in [4.69, 9.17) is 9.26 Å². The lowest BCUT2D eigenvalue weighted by atomic mass is 10.1. The van der Waals surface area contributed by atoms with Crippen LogP contribution in [0.5, 0.6) is 0 Å². The normalized spacial score (nSPS) is 17.6. The number of ether oxygens (including phenoxy) is 1. The van der Waals surface area contributed by atoms with E-state index in [1.807, 2.05) is 0 Å². The Labute approximate surface area is 125 Å². The number of rotatable bonds is 7. The number of morpholine rings is 1. The minimum atomic E-state index is -0.159. The first-order valence-corrected chi connectivity index (χ1v) is 7.80. The summed E-state index contributed by atoms with van der Waals surface area (Å²) < 4.78 is 10.5. The van der Waals surface area contributed by atoms with Gasteiger partial charge in [0.2, 0.25) is 0 Å². The van der Waals surface area contributed by atoms with Crippen molar-refractivity contribution in [2.75, 3.05) is 32.8 Å². The summed E-state index contributed by atoms with van der Waals surface area (Å²) in [7, 11) is 0. The maximum Gasteiger partial charge on any atom is 0.273 e. The number of aromatic nitrogens is 1. The van der Waals surface area contributed by atoms with Gasteiger partial charge in [0.05, 0.1) is 13.2 Å². The highest BCUT2D eigenvalue weighted by Gasteiger charge is 2.21. The lowest BCUT2D eigenvalue weighted by Gasteiger charge is -2.33. The standard InChI is InChI=1S/C15H25N3O3/c1-3-5-13-10-14(17-21-13)15(19)16-11-12(4-2)18-6-8-20-9-7-18/h10,12H,3-9,11H2,1-2H3,(H,16,19). The molecular formula is C15H25N3O3. The zero-order valence-electron chi connectivity index (χ0n) is 12.9. The zero-order valence-corrected chi connectivity index (χ0v) is 12.9. The molecule has 0 saturated carbocycles. The topological polar surface area (TPSA) is 67.6 Å². The van der Waals surface area contributed by atoms with Crippen molar-refractivity contribution >= 4 is 5.91 Å². The van der Waals surface area contributed by atoms with Crippen LogP contribution in [0.2, 0.25) is 0 Å². The monoisotopic (exact) mass is 295 g/mol. The molecule has 2 heterocycles. The Morgan fingerprint density at radius 3 is 2.86 bits per heavy atom. The van der Waals surface area contributed by atoms with Crippen molar-refractivity contribution in [3.8, 4) is 0 Å². The van der Waals surface area contributed by atoms with Crippen LogP contribution in [0.3, 0.4) is 0 Å². The molecule has 1 saturated heterocycles. The molecule has 6 heteroatoms. The van der Waals surface area contributed by atoms with Crippen molar-refractivity contribution < 1.29 is 14.1 Å². The zero-order chi connectivity index (χ0) is 15.1. The van der Waals surface area contributed by atoms with Crippen LogP contribution in [0, 0.1) is 0 Å². The summed E-state index contributed by atoms with van der Waals surface area (Å²) in [5.41, 5.74) is 0.371. The number of aryl methyl sites for hydroxylation is 1. The number of hydrogen-bond donors (Lipinski definition) is 1. The van der Waals surface area contributed by atoms with Crippen molar-refractivity contribution in [2.45, 2.75) is 39.2 Å². The molecular weight excluding hydrogens is 270 g/mol. The summed E-state index contributed by atoms with van der Waals surface area (Å²) in [5, 5.41) is 6.79. The Kier molecular flexibility index (Phi) is 6.20. The second-order valence-electron chi connectivity index (χ2n) is 5.35. The quantitative estimate of drug-likeness (QED) is 0.825. The predicted octanol–water partition coefficient (Wildman–Crippen LogP) is 1.47. The van der Waals surface area contributed by atoms with Gasteiger partial charge in [0.25, 0.3) is 5.91 Å². The van der Waals surface area contributed by atoms with Crippen LogP contribution in [-0.2, 0) is 11.2 Å². The van der Waals surface area contributed by atoms with Gasteiger partial charge < -0.3 is 14.6 Å². The van der Waals surface area contributed by atoms with E-state index in [1.165, 1.54) is 0 Å². The average molecular weight is 295 g/mol. The molecule has 1 aromatic heterocycles. The van der Waals surface area contributed by atoms with Crippen LogP contribution in [0.15, 0.2) is 10.6 Å². The van der Waals surface area contributed by atoms with Gasteiger partial charge in [-0.2, -0.15) is 0 Å². The van der Waals surface area contributed by atoms with Gasteiger partial charge in [-0.1, -0.05) is 19.0 Å². The second-order valence-corrected chi connectivity index (χ2v) is 5.35. The lowest BCUT2D eigenvalue weighted by molar-refractivity contribution is 0.0159. The van der Waals surface area contributed by atoms with Crippen molar-refractivity contribution in [3.05, 3.63) is 17.5 Å². The van der Waals surface area contributed by atoms with E-state index in [0.717, 1.165) is 51.3 Å². The minimum absolute atomic E-state index is 0.159. The number of amides is 1. The van der Waals surface area contributed by atoms with E-state index < -0.39 is 0 Å². The molecule has 0 radical (unpaired) electrons. The SMILES string of the molecule is CCCc1cc(C(=O)NCC(CC)N2CCOCC2)no1. The molecule has 1 amide bonds.